The number of halogens is 1. The highest BCUT2D eigenvalue weighted by atomic mass is 32.2. The number of benzene rings is 4. The quantitative estimate of drug-likeness (QED) is 0.0405. The van der Waals surface area contributed by atoms with Crippen LogP contribution < -0.4 is 47.3 Å². The second-order valence-corrected chi connectivity index (χ2v) is 32.9. The number of aromatic nitrogens is 4. The standard InChI is InChI=1S/C81H104FN15O15S2/c1-50-73(101)89-66(44-84-69(99)22-30-110-32-33-111-31-28-97(4,5)6)75(103)86-63-41-54-14-10-13-52(36-54)12-8-9-29-112-68-21-27-94-72(68)77(105)90-71(51(2)98)76(104)88-64(40-53-15-18-61(109-7)19-16-53)79(107)95-26-11-24-81(95,3)80(108)83-25-35-114-49-56-37-55(48-113-34-23-70(100)85-50)38-60(39-56)96-47-59(91-92-96)46-93-45-57(42-65(78(94)106)87-74(63)102)62-43-58(82)17-20-67(62)93/h8-10,13-20,36-39,43,45,47,50-51,63-66,68,71-72,98H,11-12,21-35,40-42,44,46,48-49H2,1-7H3,(H7-,83,84,85,86,87,88,89,90,99,100,101,102,103,104,105,108)/p+1/b9-8+/t50-,51+,63-,64-,65-,66+,68-,71-,72-,81-/m0/s1. The number of nitrogens with one attached hydrogen (secondary N) is 8. The summed E-state index contributed by atoms with van der Waals surface area (Å²) < 4.78 is 43.5. The van der Waals surface area contributed by atoms with Crippen molar-refractivity contribution in [3.8, 4) is 11.4 Å². The SMILES string of the molecule is COc1ccc(C[C@@H]2NC(=O)[C@H]([C@@H](C)O)NC(=O)[C@@H]3[C@@H]4CCN3C(=O)[C@@H]3Cc5cn(c6ccc(F)cc56)Cc5cn(nn5)-c5cc(cc(c5)CSCCC(=O)N[C@@H](C)C(=O)N[C@H](CNC(=O)CCOCCOCC[N+](C)(C)C)C(=O)N[C@@H](Cc5cccc(c5)C/C=C/CO4)C(=O)N3)CSCCNC(=O)[C@]3(C)CCCN3C2=O)cc1. The lowest BCUT2D eigenvalue weighted by Gasteiger charge is -2.37. The largest absolute Gasteiger partial charge is 0.497 e. The molecule has 10 amide bonds. The third kappa shape index (κ3) is 22.8. The zero-order valence-electron chi connectivity index (χ0n) is 65.5. The molecule has 612 valence electrons. The number of likely N-dealkylation sites (N-methyl/N-ethyl adjacent to an activating group) is 1. The van der Waals surface area contributed by atoms with Crippen LogP contribution in [0.15, 0.2) is 109 Å². The number of aliphatic hydroxyl groups excluding tert-OH is 1. The molecular formula is C81H105FN15O15S2+. The molecule has 5 aliphatic heterocycles. The summed E-state index contributed by atoms with van der Waals surface area (Å²) in [5.41, 5.74) is 4.32. The number of carbonyl (C=O) groups excluding carboxylic acids is 10. The normalized spacial score (nSPS) is 24.4. The van der Waals surface area contributed by atoms with Crippen molar-refractivity contribution in [1.82, 2.24) is 71.9 Å². The van der Waals surface area contributed by atoms with Crippen LogP contribution >= 0.6 is 23.5 Å². The molecule has 9 N–H and O–H groups in total. The molecule has 2 fully saturated rings. The fourth-order valence-electron chi connectivity index (χ4n) is 14.6. The Hall–Kier alpha value is -9.77. The Labute approximate surface area is 670 Å². The highest BCUT2D eigenvalue weighted by Gasteiger charge is 2.50. The molecule has 0 radical (unpaired) electrons. The average Bonchev–Trinajstić information content (AvgIpc) is 1.62. The van der Waals surface area contributed by atoms with Crippen molar-refractivity contribution >= 4 is 93.5 Å². The van der Waals surface area contributed by atoms with Gasteiger partial charge in [-0.25, -0.2) is 9.07 Å². The van der Waals surface area contributed by atoms with Crippen LogP contribution in [-0.2, 0) is 106 Å². The summed E-state index contributed by atoms with van der Waals surface area (Å²) in [6, 6.07) is 13.4. The monoisotopic (exact) mass is 1610 g/mol. The number of methoxy groups -OCH3 is 1. The average molecular weight is 1610 g/mol. The van der Waals surface area contributed by atoms with E-state index in [-0.39, 0.29) is 84.5 Å². The van der Waals surface area contributed by atoms with Crippen LogP contribution in [0, 0.1) is 5.82 Å². The van der Waals surface area contributed by atoms with Gasteiger partial charge in [-0.05, 0) is 122 Å². The first-order chi connectivity index (χ1) is 54.7. The molecule has 0 saturated carbocycles. The van der Waals surface area contributed by atoms with Crippen molar-refractivity contribution < 1.29 is 80.9 Å². The first-order valence-electron chi connectivity index (χ1n) is 38.8. The molecule has 33 heteroatoms. The fraction of sp³-hybridized carbons (Fsp3) is 0.506. The van der Waals surface area contributed by atoms with E-state index in [1.165, 1.54) is 54.7 Å². The first kappa shape index (κ1) is 85.1. The lowest BCUT2D eigenvalue weighted by Crippen LogP contribution is -2.64. The highest BCUT2D eigenvalue weighted by Crippen LogP contribution is 2.33. The predicted octanol–water partition coefficient (Wildman–Crippen LogP) is 2.48. The Morgan fingerprint density at radius 2 is 1.49 bits per heavy atom. The van der Waals surface area contributed by atoms with Gasteiger partial charge in [0.05, 0.1) is 91.9 Å². The zero-order chi connectivity index (χ0) is 81.2. The first-order valence-corrected chi connectivity index (χ1v) is 41.1. The Balaban J connectivity index is 1.01. The van der Waals surface area contributed by atoms with Crippen molar-refractivity contribution in [2.75, 3.05) is 106 Å². The number of carbonyl (C=O) groups is 10. The molecule has 11 rings (SSSR count). The number of nitrogens with zero attached hydrogens (tertiary/aromatic N) is 7. The van der Waals surface area contributed by atoms with E-state index in [9.17, 15) is 24.3 Å². The predicted molar refractivity (Wildman–Crippen MR) is 426 cm³/mol. The van der Waals surface area contributed by atoms with E-state index >= 15 is 33.2 Å². The van der Waals surface area contributed by atoms with Gasteiger partial charge in [-0.1, -0.05) is 59.8 Å². The number of hydrogen-bond donors (Lipinski definition) is 9. The van der Waals surface area contributed by atoms with E-state index in [4.69, 9.17) is 18.9 Å². The van der Waals surface area contributed by atoms with Gasteiger partial charge in [-0.15, -0.1) is 5.10 Å². The minimum Gasteiger partial charge on any atom is -0.497 e. The van der Waals surface area contributed by atoms with Gasteiger partial charge in [0, 0.05) is 98.4 Å². The van der Waals surface area contributed by atoms with Crippen LogP contribution in [0.3, 0.4) is 0 Å². The molecule has 10 atom stereocenters. The topological polar surface area (TPSA) is 366 Å². The molecule has 7 heterocycles. The van der Waals surface area contributed by atoms with Crippen molar-refractivity contribution in [2.45, 2.75) is 157 Å². The van der Waals surface area contributed by atoms with Crippen molar-refractivity contribution in [3.05, 3.63) is 154 Å². The molecule has 0 aliphatic carbocycles. The van der Waals surface area contributed by atoms with E-state index in [2.05, 4.69) is 52.8 Å². The summed E-state index contributed by atoms with van der Waals surface area (Å²) in [6.45, 7) is 5.89. The molecule has 0 spiro atoms. The van der Waals surface area contributed by atoms with Crippen molar-refractivity contribution in [2.24, 2.45) is 0 Å². The number of hydrogen-bond acceptors (Lipinski definition) is 19. The number of fused-ring (bicyclic) bond motifs is 8. The van der Waals surface area contributed by atoms with Crippen LogP contribution in [0.4, 0.5) is 4.39 Å². The summed E-state index contributed by atoms with van der Waals surface area (Å²) in [5.74, 6) is -5.89. The van der Waals surface area contributed by atoms with Crippen LogP contribution in [0.1, 0.15) is 91.9 Å². The molecule has 2 saturated heterocycles. The number of ether oxygens (including phenoxy) is 4. The summed E-state index contributed by atoms with van der Waals surface area (Å²) in [6.07, 6.45) is 4.59. The molecule has 5 aliphatic rings. The fourth-order valence-corrected chi connectivity index (χ4v) is 16.3. The van der Waals surface area contributed by atoms with Crippen molar-refractivity contribution in [1.29, 1.82) is 0 Å². The lowest BCUT2D eigenvalue weighted by molar-refractivity contribution is -0.870. The zero-order valence-corrected chi connectivity index (χ0v) is 67.2. The van der Waals surface area contributed by atoms with Crippen LogP contribution in [0.5, 0.6) is 5.75 Å². The third-order valence-corrected chi connectivity index (χ3v) is 23.0. The molecule has 0 unspecified atom stereocenters. The molecule has 30 nitrogen and oxygen atoms in total. The maximum Gasteiger partial charge on any atom is 0.246 e. The minimum atomic E-state index is -1.79. The van der Waals surface area contributed by atoms with Gasteiger partial charge < -0.3 is 85.4 Å². The van der Waals surface area contributed by atoms with Gasteiger partial charge >= 0.3 is 0 Å². The summed E-state index contributed by atoms with van der Waals surface area (Å²) >= 11 is 3.03. The number of quaternary nitrogens is 1. The second-order valence-electron chi connectivity index (χ2n) is 30.7. The highest BCUT2D eigenvalue weighted by molar-refractivity contribution is 7.98. The molecule has 4 aromatic carbocycles. The molecule has 14 bridgehead atoms. The second kappa shape index (κ2) is 39.5. The molecular weight excluding hydrogens is 1510 g/mol. The van der Waals surface area contributed by atoms with Gasteiger partial charge in [0.1, 0.15) is 71.6 Å². The number of amides is 10. The maximum atomic E-state index is 16.3. The maximum absolute atomic E-state index is 16.3. The van der Waals surface area contributed by atoms with Gasteiger partial charge in [-0.2, -0.15) is 23.5 Å². The van der Waals surface area contributed by atoms with E-state index in [0.717, 1.165) is 23.2 Å². The number of aliphatic hydroxyl groups is 1. The van der Waals surface area contributed by atoms with Crippen molar-refractivity contribution in [3.63, 3.8) is 0 Å². The van der Waals surface area contributed by atoms with Gasteiger partial charge in [0.25, 0.3) is 0 Å². The Bertz CT molecular complexity index is 4480. The summed E-state index contributed by atoms with van der Waals surface area (Å²) in [5, 5.41) is 43.8. The van der Waals surface area contributed by atoms with E-state index in [1.807, 2.05) is 62.1 Å². The summed E-state index contributed by atoms with van der Waals surface area (Å²) in [4.78, 5) is 153. The van der Waals surface area contributed by atoms with Crippen LogP contribution in [0.2, 0.25) is 0 Å². The number of thioether (sulfide) groups is 2. The van der Waals surface area contributed by atoms with Gasteiger partial charge in [0.2, 0.25) is 59.1 Å². The minimum absolute atomic E-state index is 0.00918. The van der Waals surface area contributed by atoms with Crippen LogP contribution in [-0.4, -0.2) is 264 Å². The van der Waals surface area contributed by atoms with E-state index in [1.54, 1.807) is 84.3 Å². The Morgan fingerprint density at radius 3 is 2.25 bits per heavy atom. The molecule has 6 aromatic rings. The Kier molecular flexibility index (Phi) is 29.5. The van der Waals surface area contributed by atoms with E-state index in [0.29, 0.717) is 105 Å². The van der Waals surface area contributed by atoms with Gasteiger partial charge in [-0.3, -0.25) is 47.9 Å². The lowest BCUT2D eigenvalue weighted by atomic mass is 9.95. The van der Waals surface area contributed by atoms with Gasteiger partial charge in [0.15, 0.2) is 0 Å². The smallest absolute Gasteiger partial charge is 0.246 e. The third-order valence-electron chi connectivity index (χ3n) is 20.9. The molecule has 2 aromatic heterocycles. The van der Waals surface area contributed by atoms with Crippen LogP contribution in [0.25, 0.3) is 16.6 Å². The molecule has 114 heavy (non-hydrogen) atoms. The Morgan fingerprint density at radius 1 is 0.763 bits per heavy atom. The summed E-state index contributed by atoms with van der Waals surface area (Å²) in [7, 11) is 7.65. The number of rotatable bonds is 15. The number of allylic oxidation sites excluding steroid dienone is 1. The van der Waals surface area contributed by atoms with E-state index < -0.39 is 131 Å².